The Labute approximate surface area is 179 Å². The number of hydrogen-bond acceptors (Lipinski definition) is 4. The van der Waals surface area contributed by atoms with Gasteiger partial charge in [-0.3, -0.25) is 4.79 Å². The molecule has 7 heteroatoms. The third-order valence-corrected chi connectivity index (χ3v) is 7.93. The third kappa shape index (κ3) is 4.37. The van der Waals surface area contributed by atoms with Crippen LogP contribution in [0.1, 0.15) is 35.2 Å². The summed E-state index contributed by atoms with van der Waals surface area (Å²) in [5.74, 6) is -0.0346. The van der Waals surface area contributed by atoms with Gasteiger partial charge in [-0.05, 0) is 62.6 Å². The number of piperazine rings is 1. The number of piperidine rings is 1. The largest absolute Gasteiger partial charge is 0.372 e. The molecule has 2 fully saturated rings. The van der Waals surface area contributed by atoms with Crippen molar-refractivity contribution in [1.29, 1.82) is 0 Å². The van der Waals surface area contributed by atoms with Crippen LogP contribution in [0.2, 0.25) is 0 Å². The number of anilines is 1. The summed E-state index contributed by atoms with van der Waals surface area (Å²) in [6.07, 6.45) is 3.73. The van der Waals surface area contributed by atoms with Crippen LogP contribution in [0.25, 0.3) is 0 Å². The molecule has 0 unspecified atom stereocenters. The lowest BCUT2D eigenvalue weighted by Gasteiger charge is -2.34. The van der Waals surface area contributed by atoms with Crippen LogP contribution >= 0.6 is 0 Å². The van der Waals surface area contributed by atoms with Gasteiger partial charge in [-0.1, -0.05) is 17.7 Å². The zero-order valence-corrected chi connectivity index (χ0v) is 18.3. The molecule has 0 saturated carbocycles. The van der Waals surface area contributed by atoms with E-state index in [0.29, 0.717) is 36.6 Å². The van der Waals surface area contributed by atoms with Gasteiger partial charge in [0.25, 0.3) is 5.91 Å². The first-order valence-electron chi connectivity index (χ1n) is 10.7. The van der Waals surface area contributed by atoms with Gasteiger partial charge >= 0.3 is 0 Å². The molecule has 0 aromatic heterocycles. The number of carbonyl (C=O) groups is 1. The fourth-order valence-corrected chi connectivity index (χ4v) is 5.56. The minimum Gasteiger partial charge on any atom is -0.372 e. The molecule has 30 heavy (non-hydrogen) atoms. The highest BCUT2D eigenvalue weighted by molar-refractivity contribution is 7.89. The molecule has 2 aliphatic rings. The monoisotopic (exact) mass is 427 g/mol. The maximum absolute atomic E-state index is 12.9. The Morgan fingerprint density at radius 2 is 1.37 bits per heavy atom. The lowest BCUT2D eigenvalue weighted by molar-refractivity contribution is 0.0698. The van der Waals surface area contributed by atoms with Crippen molar-refractivity contribution >= 4 is 21.6 Å². The minimum atomic E-state index is -3.52. The summed E-state index contributed by atoms with van der Waals surface area (Å²) in [5.41, 5.74) is 2.85. The second-order valence-electron chi connectivity index (χ2n) is 8.10. The highest BCUT2D eigenvalue weighted by Crippen LogP contribution is 2.22. The van der Waals surface area contributed by atoms with Crippen molar-refractivity contribution in [3.63, 3.8) is 0 Å². The maximum atomic E-state index is 12.9. The molecule has 0 aliphatic carbocycles. The summed E-state index contributed by atoms with van der Waals surface area (Å²) in [6.45, 7) is 5.51. The van der Waals surface area contributed by atoms with Gasteiger partial charge in [-0.2, -0.15) is 4.31 Å². The van der Waals surface area contributed by atoms with Crippen LogP contribution in [-0.2, 0) is 10.0 Å². The van der Waals surface area contributed by atoms with E-state index in [-0.39, 0.29) is 5.91 Å². The molecule has 2 heterocycles. The molecular weight excluding hydrogens is 398 g/mol. The number of sulfonamides is 1. The average molecular weight is 428 g/mol. The summed E-state index contributed by atoms with van der Waals surface area (Å²) in [4.78, 5) is 17.3. The molecule has 6 nitrogen and oxygen atoms in total. The number of amides is 1. The van der Waals surface area contributed by atoms with Crippen LogP contribution in [0.4, 0.5) is 5.69 Å². The second kappa shape index (κ2) is 8.78. The standard InChI is InChI=1S/C23H29N3O3S/c1-19-5-11-22(12-6-19)30(28,29)26-17-15-25(16-18-26)23(27)20-7-9-21(10-8-20)24-13-3-2-4-14-24/h5-12H,2-4,13-18H2,1H3. The quantitative estimate of drug-likeness (QED) is 0.752. The van der Waals surface area contributed by atoms with Crippen LogP contribution in [-0.4, -0.2) is 62.8 Å². The van der Waals surface area contributed by atoms with E-state index in [1.165, 1.54) is 29.3 Å². The van der Waals surface area contributed by atoms with Crippen molar-refractivity contribution in [2.24, 2.45) is 0 Å². The van der Waals surface area contributed by atoms with Crippen LogP contribution < -0.4 is 4.90 Å². The molecule has 0 spiro atoms. The van der Waals surface area contributed by atoms with E-state index in [4.69, 9.17) is 0 Å². The molecular formula is C23H29N3O3S. The van der Waals surface area contributed by atoms with E-state index < -0.39 is 10.0 Å². The topological polar surface area (TPSA) is 60.9 Å². The first-order chi connectivity index (χ1) is 14.4. The third-order valence-electron chi connectivity index (χ3n) is 6.02. The number of hydrogen-bond donors (Lipinski definition) is 0. The van der Waals surface area contributed by atoms with Crippen molar-refractivity contribution < 1.29 is 13.2 Å². The van der Waals surface area contributed by atoms with Gasteiger partial charge in [0.15, 0.2) is 0 Å². The molecule has 1 amide bonds. The Morgan fingerprint density at radius 1 is 0.767 bits per heavy atom. The Morgan fingerprint density at radius 3 is 1.97 bits per heavy atom. The first kappa shape index (κ1) is 20.9. The molecule has 4 rings (SSSR count). The Balaban J connectivity index is 1.37. The first-order valence-corrected chi connectivity index (χ1v) is 12.1. The smallest absolute Gasteiger partial charge is 0.253 e. The molecule has 2 saturated heterocycles. The fourth-order valence-electron chi connectivity index (χ4n) is 4.14. The number of rotatable bonds is 4. The number of carbonyl (C=O) groups excluding carboxylic acids is 1. The van der Waals surface area contributed by atoms with Crippen molar-refractivity contribution in [3.05, 3.63) is 59.7 Å². The molecule has 2 aliphatic heterocycles. The van der Waals surface area contributed by atoms with Gasteiger partial charge in [0.2, 0.25) is 10.0 Å². The average Bonchev–Trinajstić information content (AvgIpc) is 2.80. The Bertz CT molecular complexity index is 973. The Hall–Kier alpha value is -2.38. The van der Waals surface area contributed by atoms with E-state index in [2.05, 4.69) is 4.90 Å². The van der Waals surface area contributed by atoms with Crippen LogP contribution in [0.5, 0.6) is 0 Å². The highest BCUT2D eigenvalue weighted by Gasteiger charge is 2.30. The predicted molar refractivity (Wildman–Crippen MR) is 118 cm³/mol. The summed E-state index contributed by atoms with van der Waals surface area (Å²) in [5, 5.41) is 0. The van der Waals surface area contributed by atoms with E-state index >= 15 is 0 Å². The highest BCUT2D eigenvalue weighted by atomic mass is 32.2. The minimum absolute atomic E-state index is 0.0346. The molecule has 0 radical (unpaired) electrons. The molecule has 0 N–H and O–H groups in total. The van der Waals surface area contributed by atoms with Gasteiger partial charge in [0, 0.05) is 50.5 Å². The number of nitrogens with zero attached hydrogens (tertiary/aromatic N) is 3. The summed E-state index contributed by atoms with van der Waals surface area (Å²) < 4.78 is 27.2. The number of aryl methyl sites for hydroxylation is 1. The van der Waals surface area contributed by atoms with Gasteiger partial charge in [-0.15, -0.1) is 0 Å². The van der Waals surface area contributed by atoms with E-state index in [1.807, 2.05) is 31.2 Å². The van der Waals surface area contributed by atoms with Gasteiger partial charge in [0.1, 0.15) is 0 Å². The summed E-state index contributed by atoms with van der Waals surface area (Å²) >= 11 is 0. The van der Waals surface area contributed by atoms with Crippen LogP contribution in [0, 0.1) is 6.92 Å². The van der Waals surface area contributed by atoms with E-state index in [1.54, 1.807) is 29.2 Å². The zero-order valence-electron chi connectivity index (χ0n) is 17.5. The molecule has 2 aromatic carbocycles. The molecule has 2 aromatic rings. The van der Waals surface area contributed by atoms with Gasteiger partial charge < -0.3 is 9.80 Å². The zero-order chi connectivity index (χ0) is 21.1. The van der Waals surface area contributed by atoms with Crippen LogP contribution in [0.3, 0.4) is 0 Å². The second-order valence-corrected chi connectivity index (χ2v) is 10.0. The molecule has 0 bridgehead atoms. The van der Waals surface area contributed by atoms with E-state index in [0.717, 1.165) is 18.7 Å². The van der Waals surface area contributed by atoms with Gasteiger partial charge in [0.05, 0.1) is 4.90 Å². The summed E-state index contributed by atoms with van der Waals surface area (Å²) in [6, 6.07) is 14.7. The predicted octanol–water partition coefficient (Wildman–Crippen LogP) is 3.13. The molecule has 160 valence electrons. The maximum Gasteiger partial charge on any atom is 0.253 e. The van der Waals surface area contributed by atoms with Crippen molar-refractivity contribution in [2.45, 2.75) is 31.1 Å². The van der Waals surface area contributed by atoms with E-state index in [9.17, 15) is 13.2 Å². The lowest BCUT2D eigenvalue weighted by atomic mass is 10.1. The van der Waals surface area contributed by atoms with Crippen molar-refractivity contribution in [2.75, 3.05) is 44.2 Å². The van der Waals surface area contributed by atoms with Crippen LogP contribution in [0.15, 0.2) is 53.4 Å². The lowest BCUT2D eigenvalue weighted by Crippen LogP contribution is -2.50. The van der Waals surface area contributed by atoms with Crippen molar-refractivity contribution in [3.8, 4) is 0 Å². The normalized spacial score (nSPS) is 18.4. The van der Waals surface area contributed by atoms with Gasteiger partial charge in [-0.25, -0.2) is 8.42 Å². The Kier molecular flexibility index (Phi) is 6.11. The fraction of sp³-hybridized carbons (Fsp3) is 0.435. The molecule has 0 atom stereocenters. The summed E-state index contributed by atoms with van der Waals surface area (Å²) in [7, 11) is -3.52. The number of benzene rings is 2. The SMILES string of the molecule is Cc1ccc(S(=O)(=O)N2CCN(C(=O)c3ccc(N4CCCCC4)cc3)CC2)cc1. The van der Waals surface area contributed by atoms with Crippen molar-refractivity contribution in [1.82, 2.24) is 9.21 Å².